The SMILES string of the molecule is CNCc1ccc(S(=O)(=O)NCC2CC2)c(Br)c1. The van der Waals surface area contributed by atoms with Crippen molar-refractivity contribution in [2.45, 2.75) is 24.3 Å². The van der Waals surface area contributed by atoms with Crippen LogP contribution in [0.15, 0.2) is 27.6 Å². The largest absolute Gasteiger partial charge is 0.316 e. The summed E-state index contributed by atoms with van der Waals surface area (Å²) in [5, 5.41) is 3.03. The van der Waals surface area contributed by atoms with Crippen molar-refractivity contribution in [2.75, 3.05) is 13.6 Å². The van der Waals surface area contributed by atoms with E-state index in [0.717, 1.165) is 18.4 Å². The molecule has 1 aliphatic carbocycles. The number of halogens is 1. The molecule has 0 saturated heterocycles. The Labute approximate surface area is 116 Å². The fraction of sp³-hybridized carbons (Fsp3) is 0.500. The third-order valence-electron chi connectivity index (χ3n) is 2.93. The van der Waals surface area contributed by atoms with E-state index in [0.29, 0.717) is 28.4 Å². The van der Waals surface area contributed by atoms with E-state index in [1.165, 1.54) is 0 Å². The molecule has 1 saturated carbocycles. The fourth-order valence-corrected chi connectivity index (χ4v) is 3.94. The predicted octanol–water partition coefficient (Wildman–Crippen LogP) is 1.86. The lowest BCUT2D eigenvalue weighted by molar-refractivity contribution is 0.577. The lowest BCUT2D eigenvalue weighted by Gasteiger charge is -2.09. The first-order valence-corrected chi connectivity index (χ1v) is 8.23. The quantitative estimate of drug-likeness (QED) is 0.835. The summed E-state index contributed by atoms with van der Waals surface area (Å²) in [7, 11) is -1.54. The van der Waals surface area contributed by atoms with Crippen LogP contribution in [0.5, 0.6) is 0 Å². The van der Waals surface area contributed by atoms with Crippen LogP contribution in [-0.2, 0) is 16.6 Å². The number of nitrogens with one attached hydrogen (secondary N) is 2. The normalized spacial score (nSPS) is 15.9. The molecule has 1 aromatic carbocycles. The van der Waals surface area contributed by atoms with E-state index >= 15 is 0 Å². The molecule has 18 heavy (non-hydrogen) atoms. The van der Waals surface area contributed by atoms with Crippen molar-refractivity contribution in [2.24, 2.45) is 5.92 Å². The van der Waals surface area contributed by atoms with Gasteiger partial charge in [0.1, 0.15) is 0 Å². The lowest BCUT2D eigenvalue weighted by atomic mass is 10.2. The van der Waals surface area contributed by atoms with Gasteiger partial charge in [-0.3, -0.25) is 0 Å². The maximum atomic E-state index is 12.1. The zero-order valence-electron chi connectivity index (χ0n) is 10.2. The highest BCUT2D eigenvalue weighted by molar-refractivity contribution is 9.10. The average Bonchev–Trinajstić information content (AvgIpc) is 3.10. The van der Waals surface area contributed by atoms with Gasteiger partial charge in [0, 0.05) is 17.6 Å². The molecule has 6 heteroatoms. The summed E-state index contributed by atoms with van der Waals surface area (Å²) < 4.78 is 27.5. The first-order chi connectivity index (χ1) is 8.53. The van der Waals surface area contributed by atoms with Gasteiger partial charge in [0.15, 0.2) is 0 Å². The van der Waals surface area contributed by atoms with E-state index in [9.17, 15) is 8.42 Å². The minimum atomic E-state index is -3.40. The molecule has 4 nitrogen and oxygen atoms in total. The monoisotopic (exact) mass is 332 g/mol. The third-order valence-corrected chi connectivity index (χ3v) is 5.33. The van der Waals surface area contributed by atoms with Crippen molar-refractivity contribution >= 4 is 26.0 Å². The Bertz CT molecular complexity index is 527. The van der Waals surface area contributed by atoms with Crippen molar-refractivity contribution in [3.63, 3.8) is 0 Å². The molecule has 0 amide bonds. The van der Waals surface area contributed by atoms with Gasteiger partial charge in [0.25, 0.3) is 0 Å². The predicted molar refractivity (Wildman–Crippen MR) is 74.8 cm³/mol. The van der Waals surface area contributed by atoms with Crippen molar-refractivity contribution in [3.05, 3.63) is 28.2 Å². The number of sulfonamides is 1. The molecule has 0 aliphatic heterocycles. The maximum Gasteiger partial charge on any atom is 0.241 e. The Morgan fingerprint density at radius 3 is 2.67 bits per heavy atom. The highest BCUT2D eigenvalue weighted by Crippen LogP contribution is 2.29. The summed E-state index contributed by atoms with van der Waals surface area (Å²) in [5.41, 5.74) is 1.05. The molecule has 0 spiro atoms. The van der Waals surface area contributed by atoms with E-state index < -0.39 is 10.0 Å². The van der Waals surface area contributed by atoms with Gasteiger partial charge in [-0.1, -0.05) is 6.07 Å². The summed E-state index contributed by atoms with van der Waals surface area (Å²) in [4.78, 5) is 0.308. The van der Waals surface area contributed by atoms with Crippen LogP contribution < -0.4 is 10.0 Å². The Kier molecular flexibility index (Phi) is 4.42. The fourth-order valence-electron chi connectivity index (χ4n) is 1.70. The summed E-state index contributed by atoms with van der Waals surface area (Å²) in [6.45, 7) is 1.27. The van der Waals surface area contributed by atoms with E-state index in [2.05, 4.69) is 26.0 Å². The van der Waals surface area contributed by atoms with Crippen LogP contribution in [-0.4, -0.2) is 22.0 Å². The third kappa shape index (κ3) is 3.54. The molecule has 0 radical (unpaired) electrons. The van der Waals surface area contributed by atoms with Crippen LogP contribution in [0.3, 0.4) is 0 Å². The van der Waals surface area contributed by atoms with E-state index in [1.807, 2.05) is 19.2 Å². The van der Waals surface area contributed by atoms with Crippen molar-refractivity contribution in [3.8, 4) is 0 Å². The standard InChI is InChI=1S/C12H17BrN2O2S/c1-14-7-10-4-5-12(11(13)6-10)18(16,17)15-8-9-2-3-9/h4-6,9,14-15H,2-3,7-8H2,1H3. The zero-order chi connectivity index (χ0) is 13.2. The van der Waals surface area contributed by atoms with Gasteiger partial charge in [-0.15, -0.1) is 0 Å². The second-order valence-electron chi connectivity index (χ2n) is 4.59. The molecule has 0 unspecified atom stereocenters. The molecule has 0 bridgehead atoms. The molecule has 2 rings (SSSR count). The molecular weight excluding hydrogens is 316 g/mol. The molecule has 0 heterocycles. The minimum Gasteiger partial charge on any atom is -0.316 e. The van der Waals surface area contributed by atoms with Gasteiger partial charge in [0.2, 0.25) is 10.0 Å². The minimum absolute atomic E-state index is 0.308. The highest BCUT2D eigenvalue weighted by Gasteiger charge is 2.25. The van der Waals surface area contributed by atoms with Crippen molar-refractivity contribution < 1.29 is 8.42 Å². The smallest absolute Gasteiger partial charge is 0.241 e. The van der Waals surface area contributed by atoms with Crippen LogP contribution in [0.2, 0.25) is 0 Å². The van der Waals surface area contributed by atoms with Gasteiger partial charge in [-0.2, -0.15) is 0 Å². The van der Waals surface area contributed by atoms with E-state index in [-0.39, 0.29) is 0 Å². The summed E-state index contributed by atoms with van der Waals surface area (Å²) >= 11 is 3.33. The Balaban J connectivity index is 2.15. The maximum absolute atomic E-state index is 12.1. The van der Waals surface area contributed by atoms with Gasteiger partial charge < -0.3 is 5.32 Å². The second-order valence-corrected chi connectivity index (χ2v) is 7.18. The Hall–Kier alpha value is -0.430. The molecule has 1 aromatic rings. The average molecular weight is 333 g/mol. The topological polar surface area (TPSA) is 58.2 Å². The zero-order valence-corrected chi connectivity index (χ0v) is 12.6. The summed E-state index contributed by atoms with van der Waals surface area (Å²) in [6.07, 6.45) is 2.26. The highest BCUT2D eigenvalue weighted by atomic mass is 79.9. The Morgan fingerprint density at radius 2 is 2.11 bits per heavy atom. The first-order valence-electron chi connectivity index (χ1n) is 5.95. The summed E-state index contributed by atoms with van der Waals surface area (Å²) in [6, 6.07) is 5.31. The van der Waals surface area contributed by atoms with Crippen LogP contribution in [0, 0.1) is 5.92 Å². The molecule has 100 valence electrons. The molecule has 0 atom stereocenters. The second kappa shape index (κ2) is 5.69. The summed E-state index contributed by atoms with van der Waals surface area (Å²) in [5.74, 6) is 0.530. The first kappa shape index (κ1) is 14.0. The van der Waals surface area contributed by atoms with Crippen LogP contribution in [0.25, 0.3) is 0 Å². The van der Waals surface area contributed by atoms with Gasteiger partial charge in [-0.05, 0) is 59.4 Å². The number of benzene rings is 1. The van der Waals surface area contributed by atoms with E-state index in [4.69, 9.17) is 0 Å². The van der Waals surface area contributed by atoms with Crippen molar-refractivity contribution in [1.29, 1.82) is 0 Å². The molecule has 1 aliphatic rings. The molecule has 1 fully saturated rings. The van der Waals surface area contributed by atoms with Gasteiger partial charge >= 0.3 is 0 Å². The molecule has 2 N–H and O–H groups in total. The van der Waals surface area contributed by atoms with E-state index in [1.54, 1.807) is 6.07 Å². The number of hydrogen-bond donors (Lipinski definition) is 2. The van der Waals surface area contributed by atoms with Gasteiger partial charge in [0.05, 0.1) is 4.90 Å². The molecule has 0 aromatic heterocycles. The van der Waals surface area contributed by atoms with Crippen LogP contribution >= 0.6 is 15.9 Å². The van der Waals surface area contributed by atoms with Crippen molar-refractivity contribution in [1.82, 2.24) is 10.0 Å². The van der Waals surface area contributed by atoms with Crippen LogP contribution in [0.4, 0.5) is 0 Å². The number of hydrogen-bond acceptors (Lipinski definition) is 3. The molecular formula is C12H17BrN2O2S. The Morgan fingerprint density at radius 1 is 1.39 bits per heavy atom. The number of rotatable bonds is 6. The van der Waals surface area contributed by atoms with Gasteiger partial charge in [-0.25, -0.2) is 13.1 Å². The van der Waals surface area contributed by atoms with Crippen LogP contribution in [0.1, 0.15) is 18.4 Å². The lowest BCUT2D eigenvalue weighted by Crippen LogP contribution is -2.26.